The van der Waals surface area contributed by atoms with Gasteiger partial charge in [-0.2, -0.15) is 8.42 Å². The van der Waals surface area contributed by atoms with Crippen LogP contribution in [0.4, 0.5) is 11.4 Å². The number of carbonyl (C=O) groups excluding carboxylic acids is 2. The molecule has 3 N–H and O–H groups in total. The summed E-state index contributed by atoms with van der Waals surface area (Å²) < 4.78 is 33.7. The van der Waals surface area contributed by atoms with E-state index >= 15 is 0 Å². The van der Waals surface area contributed by atoms with Crippen molar-refractivity contribution < 1.29 is 22.6 Å². The molecule has 0 unspecified atom stereocenters. The Bertz CT molecular complexity index is 1220. The van der Waals surface area contributed by atoms with Crippen LogP contribution in [-0.4, -0.2) is 31.7 Å². The molecule has 3 aromatic carbocycles. The van der Waals surface area contributed by atoms with Crippen LogP contribution in [0.2, 0.25) is 0 Å². The Labute approximate surface area is 174 Å². The van der Waals surface area contributed by atoms with Gasteiger partial charge in [-0.05, 0) is 48.9 Å². The second-order valence-electron chi connectivity index (χ2n) is 6.60. The SMILES string of the molecule is CNc1ccc(-c2ccc(NC(=O)c3cccc(C(C)=O)c3)cc2S(=O)(=O)O)cc1. The molecule has 0 aliphatic heterocycles. The molecule has 0 spiro atoms. The van der Waals surface area contributed by atoms with E-state index in [1.165, 1.54) is 25.1 Å². The summed E-state index contributed by atoms with van der Waals surface area (Å²) in [6.07, 6.45) is 0. The van der Waals surface area contributed by atoms with Crippen molar-refractivity contribution in [1.82, 2.24) is 0 Å². The zero-order valence-corrected chi connectivity index (χ0v) is 17.2. The maximum absolute atomic E-state index is 12.5. The molecular formula is C22H20N2O5S. The molecule has 0 aliphatic rings. The number of rotatable bonds is 6. The number of Topliss-reactive ketones (excluding diaryl/α,β-unsaturated/α-hetero) is 1. The number of ketones is 1. The highest BCUT2D eigenvalue weighted by molar-refractivity contribution is 7.86. The second-order valence-corrected chi connectivity index (χ2v) is 7.99. The van der Waals surface area contributed by atoms with Crippen LogP contribution in [0, 0.1) is 0 Å². The normalized spacial score (nSPS) is 11.0. The van der Waals surface area contributed by atoms with Gasteiger partial charge in [-0.15, -0.1) is 0 Å². The van der Waals surface area contributed by atoms with E-state index < -0.39 is 16.0 Å². The van der Waals surface area contributed by atoms with Crippen LogP contribution < -0.4 is 10.6 Å². The molecule has 3 rings (SSSR count). The molecule has 8 heteroatoms. The summed E-state index contributed by atoms with van der Waals surface area (Å²) in [5.74, 6) is -0.683. The van der Waals surface area contributed by atoms with E-state index in [1.54, 1.807) is 55.6 Å². The summed E-state index contributed by atoms with van der Waals surface area (Å²) in [5.41, 5.74) is 2.58. The van der Waals surface area contributed by atoms with Gasteiger partial charge in [0.25, 0.3) is 16.0 Å². The van der Waals surface area contributed by atoms with Crippen molar-refractivity contribution in [3.63, 3.8) is 0 Å². The molecule has 0 saturated carbocycles. The first-order valence-corrected chi connectivity index (χ1v) is 10.4. The number of carbonyl (C=O) groups is 2. The van der Waals surface area contributed by atoms with Gasteiger partial charge in [0.05, 0.1) is 0 Å². The Morgan fingerprint density at radius 2 is 1.50 bits per heavy atom. The molecule has 154 valence electrons. The lowest BCUT2D eigenvalue weighted by Gasteiger charge is -2.12. The smallest absolute Gasteiger partial charge is 0.295 e. The fourth-order valence-corrected chi connectivity index (χ4v) is 3.69. The minimum atomic E-state index is -4.55. The van der Waals surface area contributed by atoms with Crippen molar-refractivity contribution in [1.29, 1.82) is 0 Å². The van der Waals surface area contributed by atoms with Crippen molar-refractivity contribution in [2.24, 2.45) is 0 Å². The Morgan fingerprint density at radius 1 is 0.867 bits per heavy atom. The lowest BCUT2D eigenvalue weighted by atomic mass is 10.0. The third-order valence-electron chi connectivity index (χ3n) is 4.53. The molecule has 1 amide bonds. The minimum absolute atomic E-state index is 0.174. The molecule has 7 nitrogen and oxygen atoms in total. The highest BCUT2D eigenvalue weighted by Crippen LogP contribution is 2.31. The summed E-state index contributed by atoms with van der Waals surface area (Å²) in [6, 6.07) is 17.5. The Morgan fingerprint density at radius 3 is 2.10 bits per heavy atom. The third kappa shape index (κ3) is 4.73. The monoisotopic (exact) mass is 424 g/mol. The van der Waals surface area contributed by atoms with Crippen LogP contribution in [0.3, 0.4) is 0 Å². The largest absolute Gasteiger partial charge is 0.388 e. The molecule has 0 heterocycles. The highest BCUT2D eigenvalue weighted by Gasteiger charge is 2.19. The average molecular weight is 424 g/mol. The fraction of sp³-hybridized carbons (Fsp3) is 0.0909. The predicted molar refractivity (Wildman–Crippen MR) is 116 cm³/mol. The van der Waals surface area contributed by atoms with E-state index in [-0.39, 0.29) is 21.9 Å². The molecule has 0 bridgehead atoms. The van der Waals surface area contributed by atoms with Gasteiger partial charge in [0.1, 0.15) is 4.90 Å². The number of amides is 1. The summed E-state index contributed by atoms with van der Waals surface area (Å²) in [5, 5.41) is 5.57. The number of hydrogen-bond donors (Lipinski definition) is 3. The van der Waals surface area contributed by atoms with Gasteiger partial charge >= 0.3 is 0 Å². The molecule has 0 aliphatic carbocycles. The van der Waals surface area contributed by atoms with Gasteiger partial charge in [0.2, 0.25) is 0 Å². The van der Waals surface area contributed by atoms with E-state index in [0.29, 0.717) is 16.7 Å². The van der Waals surface area contributed by atoms with Gasteiger partial charge in [-0.3, -0.25) is 14.1 Å². The quantitative estimate of drug-likeness (QED) is 0.406. The summed E-state index contributed by atoms with van der Waals surface area (Å²) >= 11 is 0. The van der Waals surface area contributed by atoms with Crippen LogP contribution in [-0.2, 0) is 10.1 Å². The van der Waals surface area contributed by atoms with Gasteiger partial charge < -0.3 is 10.6 Å². The summed E-state index contributed by atoms with van der Waals surface area (Å²) in [6.45, 7) is 1.40. The van der Waals surface area contributed by atoms with E-state index in [4.69, 9.17) is 0 Å². The molecule has 0 atom stereocenters. The Hall–Kier alpha value is -3.49. The molecule has 0 radical (unpaired) electrons. The van der Waals surface area contributed by atoms with E-state index in [0.717, 1.165) is 5.69 Å². The highest BCUT2D eigenvalue weighted by atomic mass is 32.2. The maximum atomic E-state index is 12.5. The minimum Gasteiger partial charge on any atom is -0.388 e. The number of nitrogens with one attached hydrogen (secondary N) is 2. The van der Waals surface area contributed by atoms with Crippen LogP contribution in [0.15, 0.2) is 71.6 Å². The fourth-order valence-electron chi connectivity index (χ4n) is 2.95. The van der Waals surface area contributed by atoms with Crippen LogP contribution in [0.25, 0.3) is 11.1 Å². The average Bonchev–Trinajstić information content (AvgIpc) is 2.73. The van der Waals surface area contributed by atoms with Gasteiger partial charge in [0.15, 0.2) is 5.78 Å². The van der Waals surface area contributed by atoms with Crippen molar-refractivity contribution in [3.8, 4) is 11.1 Å². The first-order valence-electron chi connectivity index (χ1n) is 9.01. The molecule has 0 fully saturated rings. The van der Waals surface area contributed by atoms with Crippen molar-refractivity contribution in [2.75, 3.05) is 17.7 Å². The van der Waals surface area contributed by atoms with E-state index in [1.807, 2.05) is 0 Å². The number of benzene rings is 3. The molecule has 3 aromatic rings. The lowest BCUT2D eigenvalue weighted by molar-refractivity contribution is 0.101. The standard InChI is InChI=1S/C22H20N2O5S/c1-14(25)16-4-3-5-17(12-16)22(26)24-19-10-11-20(21(13-19)30(27,28)29)15-6-8-18(23-2)9-7-15/h3-13,23H,1-2H3,(H,24,26)(H,27,28,29). The number of hydrogen-bond acceptors (Lipinski definition) is 5. The van der Waals surface area contributed by atoms with Crippen molar-refractivity contribution >= 4 is 33.2 Å². The third-order valence-corrected chi connectivity index (χ3v) is 5.43. The van der Waals surface area contributed by atoms with Crippen LogP contribution in [0.5, 0.6) is 0 Å². The first kappa shape index (κ1) is 21.2. The van der Waals surface area contributed by atoms with Gasteiger partial charge in [0, 0.05) is 35.1 Å². The van der Waals surface area contributed by atoms with Gasteiger partial charge in [-0.25, -0.2) is 0 Å². The summed E-state index contributed by atoms with van der Waals surface area (Å²) in [4.78, 5) is 23.7. The maximum Gasteiger partial charge on any atom is 0.295 e. The van der Waals surface area contributed by atoms with E-state index in [9.17, 15) is 22.6 Å². The van der Waals surface area contributed by atoms with Crippen molar-refractivity contribution in [3.05, 3.63) is 77.9 Å². The Balaban J connectivity index is 1.96. The van der Waals surface area contributed by atoms with Crippen molar-refractivity contribution in [2.45, 2.75) is 11.8 Å². The van der Waals surface area contributed by atoms with Crippen LogP contribution >= 0.6 is 0 Å². The molecule has 30 heavy (non-hydrogen) atoms. The second kappa shape index (κ2) is 8.48. The van der Waals surface area contributed by atoms with Crippen LogP contribution in [0.1, 0.15) is 27.6 Å². The lowest BCUT2D eigenvalue weighted by Crippen LogP contribution is -2.13. The number of anilines is 2. The summed E-state index contributed by atoms with van der Waals surface area (Å²) in [7, 11) is -2.78. The zero-order valence-electron chi connectivity index (χ0n) is 16.3. The first-order chi connectivity index (χ1) is 14.2. The van der Waals surface area contributed by atoms with Gasteiger partial charge in [-0.1, -0.05) is 30.3 Å². The Kier molecular flexibility index (Phi) is 6.00. The zero-order chi connectivity index (χ0) is 21.9. The molecular weight excluding hydrogens is 404 g/mol. The van der Waals surface area contributed by atoms with E-state index in [2.05, 4.69) is 10.6 Å². The predicted octanol–water partition coefficient (Wildman–Crippen LogP) is 4.10. The molecule has 0 saturated heterocycles. The topological polar surface area (TPSA) is 113 Å². The molecule has 0 aromatic heterocycles.